The summed E-state index contributed by atoms with van der Waals surface area (Å²) >= 11 is 0. The van der Waals surface area contributed by atoms with Crippen LogP contribution in [-0.2, 0) is 14.8 Å². The molecule has 0 spiro atoms. The Balaban J connectivity index is 2.13. The average molecular weight is 283 g/mol. The number of hydrogen-bond donors (Lipinski definition) is 3. The van der Waals surface area contributed by atoms with Gasteiger partial charge in [0, 0.05) is 12.2 Å². The number of amidine groups is 1. The summed E-state index contributed by atoms with van der Waals surface area (Å²) in [6.07, 6.45) is 1.40. The monoisotopic (exact) mass is 283 g/mol. The van der Waals surface area contributed by atoms with E-state index in [4.69, 9.17) is 15.9 Å². The number of anilines is 1. The SMILES string of the molecule is N=C(N)c1ccccc1NS(=O)(=O)CC1CCCO1. The number of rotatable bonds is 5. The lowest BCUT2D eigenvalue weighted by Gasteiger charge is -2.14. The number of sulfonamides is 1. The zero-order valence-electron chi connectivity index (χ0n) is 10.4. The fraction of sp³-hybridized carbons (Fsp3) is 0.417. The highest BCUT2D eigenvalue weighted by Crippen LogP contribution is 2.19. The van der Waals surface area contributed by atoms with E-state index in [1.165, 1.54) is 0 Å². The Hall–Kier alpha value is -1.60. The van der Waals surface area contributed by atoms with E-state index in [9.17, 15) is 8.42 Å². The van der Waals surface area contributed by atoms with Gasteiger partial charge in [-0.15, -0.1) is 0 Å². The van der Waals surface area contributed by atoms with Crippen molar-refractivity contribution in [3.63, 3.8) is 0 Å². The van der Waals surface area contributed by atoms with Crippen molar-refractivity contribution in [1.82, 2.24) is 0 Å². The molecule has 1 aliphatic heterocycles. The molecule has 1 heterocycles. The molecule has 1 atom stereocenters. The third-order valence-corrected chi connectivity index (χ3v) is 4.25. The molecule has 0 aromatic heterocycles. The van der Waals surface area contributed by atoms with Crippen molar-refractivity contribution in [3.05, 3.63) is 29.8 Å². The highest BCUT2D eigenvalue weighted by molar-refractivity contribution is 7.92. The number of hydrogen-bond acceptors (Lipinski definition) is 4. The minimum Gasteiger partial charge on any atom is -0.384 e. The standard InChI is InChI=1S/C12H17N3O3S/c13-12(14)10-5-1-2-6-11(10)15-19(16,17)8-9-4-3-7-18-9/h1-2,5-6,9,15H,3-4,7-8H2,(H3,13,14). The summed E-state index contributed by atoms with van der Waals surface area (Å²) < 4.78 is 31.8. The molecule has 0 radical (unpaired) electrons. The largest absolute Gasteiger partial charge is 0.384 e. The second-order valence-corrected chi connectivity index (χ2v) is 6.24. The molecule has 1 fully saturated rings. The fourth-order valence-corrected chi connectivity index (χ4v) is 3.39. The van der Waals surface area contributed by atoms with Crippen LogP contribution in [0.1, 0.15) is 18.4 Å². The maximum Gasteiger partial charge on any atom is 0.235 e. The first-order valence-corrected chi connectivity index (χ1v) is 7.69. The van der Waals surface area contributed by atoms with Crippen molar-refractivity contribution < 1.29 is 13.2 Å². The van der Waals surface area contributed by atoms with E-state index >= 15 is 0 Å². The number of benzene rings is 1. The molecule has 1 aliphatic rings. The molecule has 0 bridgehead atoms. The van der Waals surface area contributed by atoms with Crippen LogP contribution in [0.4, 0.5) is 5.69 Å². The van der Waals surface area contributed by atoms with E-state index in [1.54, 1.807) is 24.3 Å². The van der Waals surface area contributed by atoms with Gasteiger partial charge in [-0.2, -0.15) is 0 Å². The third-order valence-electron chi connectivity index (χ3n) is 2.91. The third kappa shape index (κ3) is 3.68. The Bertz CT molecular complexity index is 565. The summed E-state index contributed by atoms with van der Waals surface area (Å²) in [6.45, 7) is 0.615. The minimum atomic E-state index is -3.50. The van der Waals surface area contributed by atoms with Gasteiger partial charge in [0.15, 0.2) is 0 Å². The molecular formula is C12H17N3O3S. The second-order valence-electron chi connectivity index (χ2n) is 4.48. The Morgan fingerprint density at radius 1 is 1.47 bits per heavy atom. The van der Waals surface area contributed by atoms with Crippen LogP contribution in [0.25, 0.3) is 0 Å². The lowest BCUT2D eigenvalue weighted by Crippen LogP contribution is -2.27. The highest BCUT2D eigenvalue weighted by atomic mass is 32.2. The van der Waals surface area contributed by atoms with Gasteiger partial charge >= 0.3 is 0 Å². The van der Waals surface area contributed by atoms with E-state index in [-0.39, 0.29) is 17.7 Å². The van der Waals surface area contributed by atoms with E-state index in [0.29, 0.717) is 17.9 Å². The zero-order valence-corrected chi connectivity index (χ0v) is 11.2. The van der Waals surface area contributed by atoms with Gasteiger partial charge in [-0.3, -0.25) is 10.1 Å². The molecule has 6 nitrogen and oxygen atoms in total. The smallest absolute Gasteiger partial charge is 0.235 e. The molecule has 1 aromatic rings. The first-order valence-electron chi connectivity index (χ1n) is 6.03. The van der Waals surface area contributed by atoms with Crippen LogP contribution >= 0.6 is 0 Å². The Labute approximate surface area is 112 Å². The average Bonchev–Trinajstić information content (AvgIpc) is 2.80. The molecule has 0 saturated carbocycles. The van der Waals surface area contributed by atoms with Crippen LogP contribution in [0.2, 0.25) is 0 Å². The van der Waals surface area contributed by atoms with Crippen LogP contribution in [-0.4, -0.2) is 32.7 Å². The van der Waals surface area contributed by atoms with Gasteiger partial charge in [-0.1, -0.05) is 12.1 Å². The van der Waals surface area contributed by atoms with Gasteiger partial charge in [-0.25, -0.2) is 8.42 Å². The first kappa shape index (κ1) is 13.8. The number of nitrogens with two attached hydrogens (primary N) is 1. The molecule has 0 aliphatic carbocycles. The van der Waals surface area contributed by atoms with Crippen LogP contribution in [0.3, 0.4) is 0 Å². The van der Waals surface area contributed by atoms with Gasteiger partial charge in [0.25, 0.3) is 0 Å². The predicted molar refractivity (Wildman–Crippen MR) is 73.8 cm³/mol. The molecule has 19 heavy (non-hydrogen) atoms. The topological polar surface area (TPSA) is 105 Å². The van der Waals surface area contributed by atoms with Crippen LogP contribution in [0.5, 0.6) is 0 Å². The highest BCUT2D eigenvalue weighted by Gasteiger charge is 2.24. The van der Waals surface area contributed by atoms with E-state index < -0.39 is 10.0 Å². The van der Waals surface area contributed by atoms with Crippen molar-refractivity contribution in [2.24, 2.45) is 5.73 Å². The number of ether oxygens (including phenoxy) is 1. The summed E-state index contributed by atoms with van der Waals surface area (Å²) in [5.74, 6) is -0.241. The zero-order chi connectivity index (χ0) is 13.9. The molecular weight excluding hydrogens is 266 g/mol. The summed E-state index contributed by atoms with van der Waals surface area (Å²) in [6, 6.07) is 6.58. The van der Waals surface area contributed by atoms with Gasteiger partial charge in [0.1, 0.15) is 5.84 Å². The molecule has 7 heteroatoms. The fourth-order valence-electron chi connectivity index (χ4n) is 2.04. The van der Waals surface area contributed by atoms with Gasteiger partial charge in [0.2, 0.25) is 10.0 Å². The molecule has 0 amide bonds. The second kappa shape index (κ2) is 5.58. The lowest BCUT2D eigenvalue weighted by atomic mass is 10.2. The normalized spacial score (nSPS) is 19.3. The van der Waals surface area contributed by atoms with Crippen molar-refractivity contribution >= 4 is 21.5 Å². The Morgan fingerprint density at radius 3 is 2.84 bits per heavy atom. The Kier molecular flexibility index (Phi) is 4.06. The van der Waals surface area contributed by atoms with Gasteiger partial charge in [-0.05, 0) is 25.0 Å². The van der Waals surface area contributed by atoms with Crippen LogP contribution in [0.15, 0.2) is 24.3 Å². The maximum absolute atomic E-state index is 12.0. The maximum atomic E-state index is 12.0. The van der Waals surface area contributed by atoms with Crippen molar-refractivity contribution in [1.29, 1.82) is 5.41 Å². The molecule has 104 valence electrons. The number of nitrogen functional groups attached to an aromatic ring is 1. The molecule has 2 rings (SSSR count). The molecule has 1 saturated heterocycles. The summed E-state index contributed by atoms with van der Waals surface area (Å²) in [5.41, 5.74) is 6.12. The molecule has 1 aromatic carbocycles. The number of nitrogens with one attached hydrogen (secondary N) is 2. The van der Waals surface area contributed by atoms with Crippen LogP contribution < -0.4 is 10.5 Å². The van der Waals surface area contributed by atoms with Crippen LogP contribution in [0, 0.1) is 5.41 Å². The first-order chi connectivity index (χ1) is 8.98. The summed E-state index contributed by atoms with van der Waals surface area (Å²) in [7, 11) is -3.50. The number of para-hydroxylation sites is 1. The van der Waals surface area contributed by atoms with E-state index in [2.05, 4.69) is 4.72 Å². The Morgan fingerprint density at radius 2 is 2.21 bits per heavy atom. The quantitative estimate of drug-likeness (QED) is 0.551. The van der Waals surface area contributed by atoms with E-state index in [1.807, 2.05) is 0 Å². The minimum absolute atomic E-state index is 0.0702. The summed E-state index contributed by atoms with van der Waals surface area (Å²) in [5, 5.41) is 7.43. The van der Waals surface area contributed by atoms with Gasteiger partial charge < -0.3 is 10.5 Å². The van der Waals surface area contributed by atoms with E-state index in [0.717, 1.165) is 12.8 Å². The lowest BCUT2D eigenvalue weighted by molar-refractivity contribution is 0.127. The van der Waals surface area contributed by atoms with Crippen molar-refractivity contribution in [3.8, 4) is 0 Å². The van der Waals surface area contributed by atoms with Crippen molar-refractivity contribution in [2.75, 3.05) is 17.1 Å². The van der Waals surface area contributed by atoms with Gasteiger partial charge in [0.05, 0.1) is 17.5 Å². The predicted octanol–water partition coefficient (Wildman–Crippen LogP) is 0.891. The van der Waals surface area contributed by atoms with Crippen molar-refractivity contribution in [2.45, 2.75) is 18.9 Å². The summed E-state index contributed by atoms with van der Waals surface area (Å²) in [4.78, 5) is 0. The molecule has 4 N–H and O–H groups in total. The molecule has 1 unspecified atom stereocenters.